The van der Waals surface area contributed by atoms with Crippen LogP contribution in [0.2, 0.25) is 0 Å². The minimum Gasteiger partial charge on any atom is -0.508 e. The molecule has 1 aliphatic rings. The number of unbranched alkanes of at least 4 members (excludes halogenated alkanes) is 1. The third-order valence-electron chi connectivity index (χ3n) is 5.49. The lowest BCUT2D eigenvalue weighted by molar-refractivity contribution is -0.137. The van der Waals surface area contributed by atoms with E-state index in [9.17, 15) is 27.9 Å². The first kappa shape index (κ1) is 23.1. The van der Waals surface area contributed by atoms with Crippen LogP contribution in [0.3, 0.4) is 0 Å². The number of carbonyl (C=O) groups is 2. The predicted molar refractivity (Wildman–Crippen MR) is 108 cm³/mol. The highest BCUT2D eigenvalue weighted by Crippen LogP contribution is 2.42. The second-order valence-electron chi connectivity index (χ2n) is 7.46. The van der Waals surface area contributed by atoms with E-state index in [4.69, 9.17) is 10.4 Å². The van der Waals surface area contributed by atoms with Crippen molar-refractivity contribution in [1.82, 2.24) is 4.90 Å². The van der Waals surface area contributed by atoms with Crippen LogP contribution >= 0.6 is 0 Å². The molecule has 2 aromatic rings. The molecular formula is C22H20F3N3O4. The van der Waals surface area contributed by atoms with Gasteiger partial charge in [0.15, 0.2) is 0 Å². The molecule has 0 spiro atoms. The first-order chi connectivity index (χ1) is 15.1. The summed E-state index contributed by atoms with van der Waals surface area (Å²) >= 11 is 0. The third-order valence-corrected chi connectivity index (χ3v) is 5.49. The van der Waals surface area contributed by atoms with Crippen molar-refractivity contribution >= 4 is 17.6 Å². The Labute approximate surface area is 181 Å². The molecule has 168 valence electrons. The average Bonchev–Trinajstić information content (AvgIpc) is 2.94. The second kappa shape index (κ2) is 8.51. The number of phenols is 1. The van der Waals surface area contributed by atoms with Crippen LogP contribution in [-0.4, -0.2) is 40.2 Å². The highest BCUT2D eigenvalue weighted by atomic mass is 19.4. The van der Waals surface area contributed by atoms with E-state index in [1.54, 1.807) is 0 Å². The van der Waals surface area contributed by atoms with Gasteiger partial charge in [-0.05, 0) is 55.7 Å². The number of aliphatic hydroxyl groups is 1. The summed E-state index contributed by atoms with van der Waals surface area (Å²) in [6.07, 6.45) is -4.13. The number of urea groups is 1. The molecule has 1 heterocycles. The number of carbonyl (C=O) groups excluding carboxylic acids is 2. The SMILES string of the molecule is CC1(c2ccc(O)cc2)C(=O)N(c2ccc(C#N)c(C(F)(F)F)c2)C(=O)N1CCCCO. The van der Waals surface area contributed by atoms with Crippen molar-refractivity contribution in [3.63, 3.8) is 0 Å². The summed E-state index contributed by atoms with van der Waals surface area (Å²) in [6, 6.07) is 8.92. The number of rotatable bonds is 6. The van der Waals surface area contributed by atoms with Gasteiger partial charge in [0.25, 0.3) is 5.91 Å². The quantitative estimate of drug-likeness (QED) is 0.519. The van der Waals surface area contributed by atoms with Crippen LogP contribution in [0.5, 0.6) is 5.75 Å². The highest BCUT2D eigenvalue weighted by Gasteiger charge is 2.55. The number of nitrogens with zero attached hydrogens (tertiary/aromatic N) is 3. The maximum atomic E-state index is 13.5. The fraction of sp³-hybridized carbons (Fsp3) is 0.318. The number of hydrogen-bond acceptors (Lipinski definition) is 5. The molecule has 0 radical (unpaired) electrons. The number of imide groups is 1. The first-order valence-corrected chi connectivity index (χ1v) is 9.73. The number of hydrogen-bond donors (Lipinski definition) is 2. The lowest BCUT2D eigenvalue weighted by atomic mass is 9.90. The average molecular weight is 447 g/mol. The zero-order valence-electron chi connectivity index (χ0n) is 17.1. The molecule has 1 fully saturated rings. The van der Waals surface area contributed by atoms with Crippen molar-refractivity contribution in [1.29, 1.82) is 5.26 Å². The summed E-state index contributed by atoms with van der Waals surface area (Å²) in [5.74, 6) is -0.824. The number of aromatic hydroxyl groups is 1. The molecule has 3 amide bonds. The maximum absolute atomic E-state index is 13.5. The van der Waals surface area contributed by atoms with Crippen LogP contribution in [0, 0.1) is 11.3 Å². The van der Waals surface area contributed by atoms with Crippen LogP contribution in [0.4, 0.5) is 23.7 Å². The highest BCUT2D eigenvalue weighted by molar-refractivity contribution is 6.23. The normalized spacial score (nSPS) is 18.9. The molecule has 10 heteroatoms. The third kappa shape index (κ3) is 3.87. The fourth-order valence-electron chi connectivity index (χ4n) is 3.73. The summed E-state index contributed by atoms with van der Waals surface area (Å²) in [7, 11) is 0. The largest absolute Gasteiger partial charge is 0.508 e. The Balaban J connectivity index is 2.12. The second-order valence-corrected chi connectivity index (χ2v) is 7.46. The predicted octanol–water partition coefficient (Wildman–Crippen LogP) is 3.74. The summed E-state index contributed by atoms with van der Waals surface area (Å²) in [5.41, 5.74) is -3.36. The fourth-order valence-corrected chi connectivity index (χ4v) is 3.73. The Bertz CT molecular complexity index is 1080. The Morgan fingerprint density at radius 1 is 1.09 bits per heavy atom. The number of benzene rings is 2. The lowest BCUT2D eigenvalue weighted by Crippen LogP contribution is -2.44. The Kier molecular flexibility index (Phi) is 6.14. The number of alkyl halides is 3. The summed E-state index contributed by atoms with van der Waals surface area (Å²) in [5, 5.41) is 27.7. The van der Waals surface area contributed by atoms with Crippen molar-refractivity contribution in [3.8, 4) is 11.8 Å². The number of anilines is 1. The van der Waals surface area contributed by atoms with Crippen LogP contribution in [-0.2, 0) is 16.5 Å². The molecular weight excluding hydrogens is 427 g/mol. The van der Waals surface area contributed by atoms with Gasteiger partial charge in [-0.2, -0.15) is 18.4 Å². The molecule has 1 unspecified atom stereocenters. The molecule has 0 aromatic heterocycles. The van der Waals surface area contributed by atoms with E-state index in [0.717, 1.165) is 12.1 Å². The molecule has 1 saturated heterocycles. The van der Waals surface area contributed by atoms with E-state index in [2.05, 4.69) is 0 Å². The molecule has 2 aromatic carbocycles. The number of halogens is 3. The summed E-state index contributed by atoms with van der Waals surface area (Å²) in [4.78, 5) is 28.6. The molecule has 0 saturated carbocycles. The molecule has 2 N–H and O–H groups in total. The molecule has 32 heavy (non-hydrogen) atoms. The number of aliphatic hydroxyl groups excluding tert-OH is 1. The molecule has 7 nitrogen and oxygen atoms in total. The Hall–Kier alpha value is -3.58. The summed E-state index contributed by atoms with van der Waals surface area (Å²) in [6.45, 7) is 1.43. The smallest absolute Gasteiger partial charge is 0.417 e. The van der Waals surface area contributed by atoms with E-state index in [-0.39, 0.29) is 24.6 Å². The monoisotopic (exact) mass is 447 g/mol. The van der Waals surface area contributed by atoms with Gasteiger partial charge in [-0.15, -0.1) is 0 Å². The maximum Gasteiger partial charge on any atom is 0.417 e. The van der Waals surface area contributed by atoms with Crippen LogP contribution in [0.15, 0.2) is 42.5 Å². The van der Waals surface area contributed by atoms with Gasteiger partial charge in [-0.1, -0.05) is 12.1 Å². The molecule has 0 aliphatic carbocycles. The number of nitriles is 1. The van der Waals surface area contributed by atoms with Crippen molar-refractivity contribution < 1.29 is 33.0 Å². The van der Waals surface area contributed by atoms with Crippen molar-refractivity contribution in [2.75, 3.05) is 18.1 Å². The standard InChI is InChI=1S/C22H20F3N3O4/c1-21(15-5-8-17(30)9-6-15)19(31)28(20(32)27(21)10-2-3-11-29)16-7-4-14(13-26)18(12-16)22(23,24)25/h4-9,12,29-30H,2-3,10-11H2,1H3. The van der Waals surface area contributed by atoms with Gasteiger partial charge in [0.1, 0.15) is 11.3 Å². The van der Waals surface area contributed by atoms with Gasteiger partial charge in [-0.3, -0.25) is 4.79 Å². The first-order valence-electron chi connectivity index (χ1n) is 9.73. The molecule has 3 rings (SSSR count). The van der Waals surface area contributed by atoms with Gasteiger partial charge >= 0.3 is 12.2 Å². The van der Waals surface area contributed by atoms with Crippen LogP contribution < -0.4 is 4.90 Å². The van der Waals surface area contributed by atoms with Gasteiger partial charge < -0.3 is 15.1 Å². The Morgan fingerprint density at radius 2 is 1.75 bits per heavy atom. The van der Waals surface area contributed by atoms with E-state index in [1.165, 1.54) is 42.2 Å². The van der Waals surface area contributed by atoms with Gasteiger partial charge in [-0.25, -0.2) is 9.69 Å². The van der Waals surface area contributed by atoms with E-state index in [0.29, 0.717) is 29.4 Å². The van der Waals surface area contributed by atoms with Gasteiger partial charge in [0, 0.05) is 13.2 Å². The van der Waals surface area contributed by atoms with Crippen LogP contribution in [0.25, 0.3) is 0 Å². The molecule has 1 aliphatic heterocycles. The van der Waals surface area contributed by atoms with Crippen molar-refractivity contribution in [2.45, 2.75) is 31.5 Å². The minimum atomic E-state index is -4.85. The zero-order chi connectivity index (χ0) is 23.7. The van der Waals surface area contributed by atoms with Crippen molar-refractivity contribution in [2.24, 2.45) is 0 Å². The van der Waals surface area contributed by atoms with E-state index in [1.807, 2.05) is 0 Å². The van der Waals surface area contributed by atoms with Gasteiger partial charge in [0.2, 0.25) is 0 Å². The zero-order valence-corrected chi connectivity index (χ0v) is 17.1. The van der Waals surface area contributed by atoms with E-state index >= 15 is 0 Å². The Morgan fingerprint density at radius 3 is 2.31 bits per heavy atom. The van der Waals surface area contributed by atoms with E-state index < -0.39 is 34.8 Å². The number of phenolic OH excluding ortho intramolecular Hbond substituents is 1. The van der Waals surface area contributed by atoms with Crippen LogP contribution in [0.1, 0.15) is 36.5 Å². The van der Waals surface area contributed by atoms with Crippen molar-refractivity contribution in [3.05, 3.63) is 59.2 Å². The summed E-state index contributed by atoms with van der Waals surface area (Å²) < 4.78 is 40.3. The van der Waals surface area contributed by atoms with Gasteiger partial charge in [0.05, 0.1) is 22.9 Å². The molecule has 0 bridgehead atoms. The number of amides is 3. The topological polar surface area (TPSA) is 105 Å². The molecule has 1 atom stereocenters. The lowest BCUT2D eigenvalue weighted by Gasteiger charge is -2.32. The minimum absolute atomic E-state index is 0.0558.